The van der Waals surface area contributed by atoms with Crippen LogP contribution >= 0.6 is 0 Å². The van der Waals surface area contributed by atoms with Crippen LogP contribution in [-0.2, 0) is 0 Å². The summed E-state index contributed by atoms with van der Waals surface area (Å²) in [6.07, 6.45) is 0. The van der Waals surface area contributed by atoms with Gasteiger partial charge in [0.1, 0.15) is 19.0 Å². The van der Waals surface area contributed by atoms with Crippen LogP contribution in [0.1, 0.15) is 28.9 Å². The molecule has 0 aliphatic carbocycles. The van der Waals surface area contributed by atoms with Crippen molar-refractivity contribution in [1.82, 2.24) is 5.32 Å². The maximum atomic E-state index is 12.5. The SMILES string of the molecule is COc1ccccc1[C@H](C)NC(=O)c1ccc2c(c1)OCCO2. The predicted molar refractivity (Wildman–Crippen MR) is 86.3 cm³/mol. The van der Waals surface area contributed by atoms with Crippen LogP contribution in [0.15, 0.2) is 42.5 Å². The number of benzene rings is 2. The van der Waals surface area contributed by atoms with Crippen molar-refractivity contribution < 1.29 is 19.0 Å². The quantitative estimate of drug-likeness (QED) is 0.943. The monoisotopic (exact) mass is 313 g/mol. The molecule has 0 unspecified atom stereocenters. The Labute approximate surface area is 135 Å². The molecule has 5 nitrogen and oxygen atoms in total. The van der Waals surface area contributed by atoms with Gasteiger partial charge in [0, 0.05) is 11.1 Å². The van der Waals surface area contributed by atoms with Crippen molar-refractivity contribution in [2.24, 2.45) is 0 Å². The molecule has 0 radical (unpaired) electrons. The van der Waals surface area contributed by atoms with Crippen molar-refractivity contribution in [3.8, 4) is 17.2 Å². The fourth-order valence-corrected chi connectivity index (χ4v) is 2.57. The van der Waals surface area contributed by atoms with Gasteiger partial charge in [-0.3, -0.25) is 4.79 Å². The number of carbonyl (C=O) groups is 1. The lowest BCUT2D eigenvalue weighted by Crippen LogP contribution is -2.27. The molecule has 1 aliphatic heterocycles. The Morgan fingerprint density at radius 3 is 2.65 bits per heavy atom. The third-order valence-electron chi connectivity index (χ3n) is 3.76. The second-order valence-electron chi connectivity index (χ2n) is 5.30. The van der Waals surface area contributed by atoms with Gasteiger partial charge >= 0.3 is 0 Å². The number of hydrogen-bond donors (Lipinski definition) is 1. The summed E-state index contributed by atoms with van der Waals surface area (Å²) >= 11 is 0. The summed E-state index contributed by atoms with van der Waals surface area (Å²) in [6, 6.07) is 12.7. The third-order valence-corrected chi connectivity index (χ3v) is 3.76. The topological polar surface area (TPSA) is 56.8 Å². The van der Waals surface area contributed by atoms with E-state index in [1.54, 1.807) is 25.3 Å². The van der Waals surface area contributed by atoms with E-state index in [4.69, 9.17) is 14.2 Å². The van der Waals surface area contributed by atoms with Gasteiger partial charge in [-0.15, -0.1) is 0 Å². The van der Waals surface area contributed by atoms with Gasteiger partial charge in [-0.05, 0) is 31.2 Å². The van der Waals surface area contributed by atoms with Crippen LogP contribution in [0.3, 0.4) is 0 Å². The van der Waals surface area contributed by atoms with E-state index >= 15 is 0 Å². The molecule has 2 aromatic rings. The van der Waals surface area contributed by atoms with E-state index in [0.29, 0.717) is 30.3 Å². The van der Waals surface area contributed by atoms with Crippen LogP contribution in [0.5, 0.6) is 17.2 Å². The van der Waals surface area contributed by atoms with Gasteiger partial charge in [0.15, 0.2) is 11.5 Å². The third kappa shape index (κ3) is 3.23. The molecule has 120 valence electrons. The maximum absolute atomic E-state index is 12.5. The Morgan fingerprint density at radius 2 is 1.87 bits per heavy atom. The molecule has 1 heterocycles. The van der Waals surface area contributed by atoms with Gasteiger partial charge in [0.2, 0.25) is 0 Å². The number of rotatable bonds is 4. The van der Waals surface area contributed by atoms with Crippen molar-refractivity contribution in [1.29, 1.82) is 0 Å². The fraction of sp³-hybridized carbons (Fsp3) is 0.278. The number of hydrogen-bond acceptors (Lipinski definition) is 4. The molecule has 23 heavy (non-hydrogen) atoms. The van der Waals surface area contributed by atoms with Crippen LogP contribution in [0.25, 0.3) is 0 Å². The molecular weight excluding hydrogens is 294 g/mol. The summed E-state index contributed by atoms with van der Waals surface area (Å²) < 4.78 is 16.3. The highest BCUT2D eigenvalue weighted by molar-refractivity contribution is 5.95. The molecule has 2 aromatic carbocycles. The van der Waals surface area contributed by atoms with Crippen LogP contribution in [-0.4, -0.2) is 26.2 Å². The maximum Gasteiger partial charge on any atom is 0.251 e. The molecular formula is C18H19NO4. The highest BCUT2D eigenvalue weighted by atomic mass is 16.6. The largest absolute Gasteiger partial charge is 0.496 e. The van der Waals surface area contributed by atoms with E-state index in [1.165, 1.54) is 0 Å². The smallest absolute Gasteiger partial charge is 0.251 e. The molecule has 3 rings (SSSR count). The van der Waals surface area contributed by atoms with Crippen molar-refractivity contribution in [2.45, 2.75) is 13.0 Å². The zero-order valence-electron chi connectivity index (χ0n) is 13.2. The first-order valence-electron chi connectivity index (χ1n) is 7.52. The molecule has 0 saturated heterocycles. The van der Waals surface area contributed by atoms with Crippen molar-refractivity contribution >= 4 is 5.91 Å². The number of fused-ring (bicyclic) bond motifs is 1. The zero-order valence-corrected chi connectivity index (χ0v) is 13.2. The van der Waals surface area contributed by atoms with Crippen molar-refractivity contribution in [2.75, 3.05) is 20.3 Å². The lowest BCUT2D eigenvalue weighted by atomic mass is 10.1. The molecule has 0 fully saturated rings. The minimum Gasteiger partial charge on any atom is -0.496 e. The van der Waals surface area contributed by atoms with E-state index < -0.39 is 0 Å². The van der Waals surface area contributed by atoms with Crippen LogP contribution in [0.4, 0.5) is 0 Å². The van der Waals surface area contributed by atoms with E-state index in [2.05, 4.69) is 5.32 Å². The highest BCUT2D eigenvalue weighted by Crippen LogP contribution is 2.31. The Hall–Kier alpha value is -2.69. The summed E-state index contributed by atoms with van der Waals surface area (Å²) in [5.74, 6) is 1.86. The second kappa shape index (κ2) is 6.60. The number of amides is 1. The van der Waals surface area contributed by atoms with E-state index in [1.807, 2.05) is 31.2 Å². The summed E-state index contributed by atoms with van der Waals surface area (Å²) in [7, 11) is 1.62. The first-order chi connectivity index (χ1) is 11.2. The van der Waals surface area contributed by atoms with Gasteiger partial charge in [-0.2, -0.15) is 0 Å². The van der Waals surface area contributed by atoms with Gasteiger partial charge in [-0.1, -0.05) is 18.2 Å². The number of nitrogens with one attached hydrogen (secondary N) is 1. The number of ether oxygens (including phenoxy) is 3. The average molecular weight is 313 g/mol. The number of methoxy groups -OCH3 is 1. The molecule has 0 bridgehead atoms. The molecule has 1 amide bonds. The normalized spacial score (nSPS) is 14.0. The van der Waals surface area contributed by atoms with Gasteiger partial charge in [-0.25, -0.2) is 0 Å². The van der Waals surface area contributed by atoms with Crippen LogP contribution in [0, 0.1) is 0 Å². The van der Waals surface area contributed by atoms with E-state index in [9.17, 15) is 4.79 Å². The fourth-order valence-electron chi connectivity index (χ4n) is 2.57. The van der Waals surface area contributed by atoms with Crippen molar-refractivity contribution in [3.63, 3.8) is 0 Å². The zero-order chi connectivity index (χ0) is 16.2. The number of carbonyl (C=O) groups excluding carboxylic acids is 1. The molecule has 1 N–H and O–H groups in total. The van der Waals surface area contributed by atoms with E-state index in [-0.39, 0.29) is 11.9 Å². The highest BCUT2D eigenvalue weighted by Gasteiger charge is 2.18. The summed E-state index contributed by atoms with van der Waals surface area (Å²) in [5.41, 5.74) is 1.47. The van der Waals surface area contributed by atoms with E-state index in [0.717, 1.165) is 11.3 Å². The van der Waals surface area contributed by atoms with Crippen molar-refractivity contribution in [3.05, 3.63) is 53.6 Å². The molecule has 0 aromatic heterocycles. The van der Waals surface area contributed by atoms with Gasteiger partial charge in [0.25, 0.3) is 5.91 Å². The van der Waals surface area contributed by atoms with Crippen LogP contribution in [0.2, 0.25) is 0 Å². The first kappa shape index (κ1) is 15.2. The van der Waals surface area contributed by atoms with Gasteiger partial charge in [0.05, 0.1) is 13.2 Å². The Bertz CT molecular complexity index is 714. The molecule has 0 saturated carbocycles. The molecule has 1 atom stereocenters. The summed E-state index contributed by atoms with van der Waals surface area (Å²) in [6.45, 7) is 2.95. The second-order valence-corrected chi connectivity index (χ2v) is 5.30. The standard InChI is InChI=1S/C18H19NO4/c1-12(14-5-3-4-6-15(14)21-2)19-18(20)13-7-8-16-17(11-13)23-10-9-22-16/h3-8,11-12H,9-10H2,1-2H3,(H,19,20)/t12-/m0/s1. The Morgan fingerprint density at radius 1 is 1.13 bits per heavy atom. The number of para-hydroxylation sites is 1. The summed E-state index contributed by atoms with van der Waals surface area (Å²) in [4.78, 5) is 12.5. The van der Waals surface area contributed by atoms with Crippen LogP contribution < -0.4 is 19.5 Å². The molecule has 0 spiro atoms. The average Bonchev–Trinajstić information content (AvgIpc) is 2.61. The Balaban J connectivity index is 1.76. The minimum atomic E-state index is -0.174. The molecule has 5 heteroatoms. The summed E-state index contributed by atoms with van der Waals surface area (Å²) in [5, 5.41) is 2.98. The molecule has 1 aliphatic rings. The first-order valence-corrected chi connectivity index (χ1v) is 7.52. The lowest BCUT2D eigenvalue weighted by Gasteiger charge is -2.20. The lowest BCUT2D eigenvalue weighted by molar-refractivity contribution is 0.0938. The van der Waals surface area contributed by atoms with Gasteiger partial charge < -0.3 is 19.5 Å². The Kier molecular flexibility index (Phi) is 4.37. The minimum absolute atomic E-state index is 0.166. The predicted octanol–water partition coefficient (Wildman–Crippen LogP) is 2.96.